The Balaban J connectivity index is 1.80. The minimum atomic E-state index is 0.124. The molecule has 0 aliphatic carbocycles. The minimum absolute atomic E-state index is 0.124. The van der Waals surface area contributed by atoms with E-state index in [2.05, 4.69) is 33.4 Å². The molecule has 6 heteroatoms. The second kappa shape index (κ2) is 11.1. The lowest BCUT2D eigenvalue weighted by Gasteiger charge is -2.09. The Bertz CT molecular complexity index is 780. The first-order valence-electron chi connectivity index (χ1n) is 9.45. The molecule has 0 unspecified atom stereocenters. The number of nitrogens with one attached hydrogen (secondary N) is 3. The van der Waals surface area contributed by atoms with Crippen LogP contribution in [0.4, 0.5) is 0 Å². The summed E-state index contributed by atoms with van der Waals surface area (Å²) < 4.78 is 5.28. The average Bonchev–Trinajstić information content (AvgIpc) is 3.11. The summed E-state index contributed by atoms with van der Waals surface area (Å²) in [4.78, 5) is 18.5. The summed E-state index contributed by atoms with van der Waals surface area (Å²) in [6.45, 7) is 4.44. The molecular weight excluding hydrogens is 340 g/mol. The number of unbranched alkanes of at least 4 members (excludes halogenated alkanes) is 4. The maximum Gasteiger partial charge on any atom is 0.219 e. The first-order valence-corrected chi connectivity index (χ1v) is 9.45. The van der Waals surface area contributed by atoms with E-state index in [9.17, 15) is 4.79 Å². The van der Waals surface area contributed by atoms with Gasteiger partial charge in [-0.25, -0.2) is 0 Å². The van der Waals surface area contributed by atoms with Gasteiger partial charge in [0, 0.05) is 30.9 Å². The Kier molecular flexibility index (Phi) is 8.42. The molecule has 0 radical (unpaired) electrons. The molecule has 0 atom stereocenters. The molecule has 0 bridgehead atoms. The van der Waals surface area contributed by atoms with Crippen molar-refractivity contribution in [3.63, 3.8) is 0 Å². The second-order valence-corrected chi connectivity index (χ2v) is 6.48. The summed E-state index contributed by atoms with van der Waals surface area (Å²) in [7, 11) is 3.35. The molecule has 2 aromatic rings. The van der Waals surface area contributed by atoms with E-state index in [1.165, 1.54) is 0 Å². The van der Waals surface area contributed by atoms with Gasteiger partial charge in [-0.15, -0.1) is 0 Å². The first kappa shape index (κ1) is 20.6. The SMILES string of the molecule is C=N/C=C(\NCCCCCCCC(=O)NC)c1cc2cc(OC)ccc2[nH]1. The van der Waals surface area contributed by atoms with Crippen molar-refractivity contribution in [3.05, 3.63) is 36.2 Å². The summed E-state index contributed by atoms with van der Waals surface area (Å²) in [5.74, 6) is 0.962. The number of aromatic amines is 1. The number of rotatable bonds is 12. The standard InChI is InChI=1S/C21H30N4O2/c1-22-15-20(24-12-8-6-4-5-7-9-21(26)23-2)19-14-16-13-17(27-3)10-11-18(16)25-19/h10-11,13-15,24-25H,1,4-9,12H2,2-3H3,(H,23,26)/b20-15-. The molecule has 2 rings (SSSR count). The van der Waals surface area contributed by atoms with Gasteiger partial charge in [-0.1, -0.05) is 19.3 Å². The molecule has 0 saturated carbocycles. The van der Waals surface area contributed by atoms with Gasteiger partial charge in [-0.3, -0.25) is 9.79 Å². The Labute approximate surface area is 161 Å². The zero-order valence-corrected chi connectivity index (χ0v) is 16.3. The zero-order valence-electron chi connectivity index (χ0n) is 16.3. The van der Waals surface area contributed by atoms with Gasteiger partial charge in [0.2, 0.25) is 5.91 Å². The smallest absolute Gasteiger partial charge is 0.219 e. The normalized spacial score (nSPS) is 11.4. The second-order valence-electron chi connectivity index (χ2n) is 6.48. The highest BCUT2D eigenvalue weighted by Crippen LogP contribution is 2.24. The van der Waals surface area contributed by atoms with Crippen molar-refractivity contribution in [2.75, 3.05) is 20.7 Å². The van der Waals surface area contributed by atoms with Crippen molar-refractivity contribution in [1.82, 2.24) is 15.6 Å². The molecule has 1 amide bonds. The van der Waals surface area contributed by atoms with Crippen LogP contribution >= 0.6 is 0 Å². The van der Waals surface area contributed by atoms with E-state index in [1.807, 2.05) is 18.2 Å². The topological polar surface area (TPSA) is 78.5 Å². The molecule has 146 valence electrons. The number of carbonyl (C=O) groups is 1. The number of amides is 1. The van der Waals surface area contributed by atoms with Gasteiger partial charge in [0.15, 0.2) is 0 Å². The van der Waals surface area contributed by atoms with Gasteiger partial charge in [0.1, 0.15) is 5.75 Å². The lowest BCUT2D eigenvalue weighted by molar-refractivity contribution is -0.120. The number of hydrogen-bond donors (Lipinski definition) is 3. The third kappa shape index (κ3) is 6.47. The third-order valence-electron chi connectivity index (χ3n) is 4.51. The van der Waals surface area contributed by atoms with E-state index in [-0.39, 0.29) is 5.91 Å². The summed E-state index contributed by atoms with van der Waals surface area (Å²) in [6.07, 6.45) is 7.76. The van der Waals surface area contributed by atoms with Gasteiger partial charge in [-0.2, -0.15) is 0 Å². The summed E-state index contributed by atoms with van der Waals surface area (Å²) in [6, 6.07) is 8.04. The van der Waals surface area contributed by atoms with Crippen LogP contribution in [0.3, 0.4) is 0 Å². The fourth-order valence-electron chi connectivity index (χ4n) is 2.97. The third-order valence-corrected chi connectivity index (χ3v) is 4.51. The Hall–Kier alpha value is -2.76. The number of aromatic nitrogens is 1. The number of benzene rings is 1. The summed E-state index contributed by atoms with van der Waals surface area (Å²) in [5, 5.41) is 7.19. The Morgan fingerprint density at radius 1 is 1.22 bits per heavy atom. The lowest BCUT2D eigenvalue weighted by atomic mass is 10.1. The number of methoxy groups -OCH3 is 1. The number of fused-ring (bicyclic) bond motifs is 1. The van der Waals surface area contributed by atoms with Crippen molar-refractivity contribution in [2.45, 2.75) is 38.5 Å². The molecule has 0 aliphatic heterocycles. The van der Waals surface area contributed by atoms with Crippen LogP contribution in [0.1, 0.15) is 44.2 Å². The minimum Gasteiger partial charge on any atom is -0.497 e. The number of nitrogens with zero attached hydrogens (tertiary/aromatic N) is 1. The Morgan fingerprint density at radius 2 is 2.00 bits per heavy atom. The predicted molar refractivity (Wildman–Crippen MR) is 112 cm³/mol. The van der Waals surface area contributed by atoms with Crippen LogP contribution in [0.5, 0.6) is 5.75 Å². The predicted octanol–water partition coefficient (Wildman–Crippen LogP) is 3.85. The fourth-order valence-corrected chi connectivity index (χ4v) is 2.97. The maximum absolute atomic E-state index is 11.2. The van der Waals surface area contributed by atoms with E-state index >= 15 is 0 Å². The van der Waals surface area contributed by atoms with Crippen LogP contribution in [0.15, 0.2) is 35.5 Å². The Morgan fingerprint density at radius 3 is 2.74 bits per heavy atom. The van der Waals surface area contributed by atoms with Crippen LogP contribution in [0, 0.1) is 0 Å². The highest BCUT2D eigenvalue weighted by molar-refractivity contribution is 5.85. The molecule has 3 N–H and O–H groups in total. The highest BCUT2D eigenvalue weighted by atomic mass is 16.5. The average molecular weight is 370 g/mol. The number of aliphatic imine (C=N–C) groups is 1. The zero-order chi connectivity index (χ0) is 19.5. The van der Waals surface area contributed by atoms with Crippen molar-refractivity contribution < 1.29 is 9.53 Å². The van der Waals surface area contributed by atoms with Crippen LogP contribution in [0.2, 0.25) is 0 Å². The van der Waals surface area contributed by atoms with Crippen LogP contribution in [-0.4, -0.2) is 38.3 Å². The van der Waals surface area contributed by atoms with Gasteiger partial charge < -0.3 is 20.4 Å². The van der Waals surface area contributed by atoms with E-state index in [4.69, 9.17) is 4.74 Å². The summed E-state index contributed by atoms with van der Waals surface area (Å²) in [5.41, 5.74) is 2.97. The quantitative estimate of drug-likeness (QED) is 0.392. The lowest BCUT2D eigenvalue weighted by Crippen LogP contribution is -2.16. The van der Waals surface area contributed by atoms with Crippen LogP contribution in [0.25, 0.3) is 16.6 Å². The number of ether oxygens (including phenoxy) is 1. The first-order chi connectivity index (χ1) is 13.2. The largest absolute Gasteiger partial charge is 0.497 e. The van der Waals surface area contributed by atoms with E-state index in [0.29, 0.717) is 6.42 Å². The van der Waals surface area contributed by atoms with Gasteiger partial charge in [0.25, 0.3) is 0 Å². The molecule has 27 heavy (non-hydrogen) atoms. The van der Waals surface area contributed by atoms with Crippen LogP contribution in [-0.2, 0) is 4.79 Å². The van der Waals surface area contributed by atoms with E-state index in [0.717, 1.165) is 66.7 Å². The van der Waals surface area contributed by atoms with Gasteiger partial charge >= 0.3 is 0 Å². The molecular formula is C21H30N4O2. The fraction of sp³-hybridized carbons (Fsp3) is 0.429. The monoisotopic (exact) mass is 370 g/mol. The highest BCUT2D eigenvalue weighted by Gasteiger charge is 2.07. The van der Waals surface area contributed by atoms with Crippen molar-refractivity contribution in [1.29, 1.82) is 0 Å². The van der Waals surface area contributed by atoms with Crippen molar-refractivity contribution >= 4 is 29.2 Å². The van der Waals surface area contributed by atoms with Gasteiger partial charge in [0.05, 0.1) is 24.7 Å². The molecule has 0 aliphatic rings. The molecule has 1 aromatic carbocycles. The number of H-pyrrole nitrogens is 1. The van der Waals surface area contributed by atoms with Crippen LogP contribution < -0.4 is 15.4 Å². The molecule has 1 heterocycles. The van der Waals surface area contributed by atoms with E-state index in [1.54, 1.807) is 20.4 Å². The van der Waals surface area contributed by atoms with Crippen molar-refractivity contribution in [3.8, 4) is 5.75 Å². The molecule has 6 nitrogen and oxygen atoms in total. The van der Waals surface area contributed by atoms with Crippen molar-refractivity contribution in [2.24, 2.45) is 4.99 Å². The number of carbonyl (C=O) groups excluding carboxylic acids is 1. The molecule has 0 spiro atoms. The van der Waals surface area contributed by atoms with Gasteiger partial charge in [-0.05, 0) is 43.8 Å². The molecule has 1 aromatic heterocycles. The number of hydrogen-bond acceptors (Lipinski definition) is 4. The summed E-state index contributed by atoms with van der Waals surface area (Å²) >= 11 is 0. The molecule has 0 saturated heterocycles. The van der Waals surface area contributed by atoms with E-state index < -0.39 is 0 Å². The molecule has 0 fully saturated rings. The maximum atomic E-state index is 11.2.